The van der Waals surface area contributed by atoms with Gasteiger partial charge in [0, 0.05) is 35.3 Å². The van der Waals surface area contributed by atoms with Gasteiger partial charge in [0.2, 0.25) is 0 Å². The summed E-state index contributed by atoms with van der Waals surface area (Å²) < 4.78 is 1.10. The molecule has 20 heavy (non-hydrogen) atoms. The summed E-state index contributed by atoms with van der Waals surface area (Å²) in [5.41, 5.74) is 3.70. The monoisotopic (exact) mass is 352 g/mol. The molecule has 0 aliphatic carbocycles. The first kappa shape index (κ1) is 15.4. The van der Waals surface area contributed by atoms with Crippen molar-refractivity contribution >= 4 is 33.2 Å². The standard InChI is InChI=1S/C16H18BrClN2/c1-19-10-13-9-14(17)6-7-16(13)20(2)11-12-4-3-5-15(18)8-12/h3-9,19H,10-11H2,1-2H3. The Hall–Kier alpha value is -1.03. The topological polar surface area (TPSA) is 15.3 Å². The third kappa shape index (κ3) is 3.98. The van der Waals surface area contributed by atoms with Crippen LogP contribution < -0.4 is 10.2 Å². The maximum atomic E-state index is 6.04. The fourth-order valence-corrected chi connectivity index (χ4v) is 2.87. The van der Waals surface area contributed by atoms with Crippen molar-refractivity contribution in [1.29, 1.82) is 0 Å². The van der Waals surface area contributed by atoms with Crippen molar-refractivity contribution in [2.45, 2.75) is 13.1 Å². The minimum Gasteiger partial charge on any atom is -0.370 e. The first-order valence-corrected chi connectivity index (χ1v) is 7.66. The Labute approximate surface area is 133 Å². The molecule has 2 aromatic carbocycles. The van der Waals surface area contributed by atoms with Crippen molar-refractivity contribution in [2.75, 3.05) is 19.0 Å². The smallest absolute Gasteiger partial charge is 0.0426 e. The van der Waals surface area contributed by atoms with Crippen molar-refractivity contribution < 1.29 is 0 Å². The van der Waals surface area contributed by atoms with Crippen LogP contribution in [0.3, 0.4) is 0 Å². The van der Waals surface area contributed by atoms with Gasteiger partial charge in [0.1, 0.15) is 0 Å². The summed E-state index contributed by atoms with van der Waals surface area (Å²) >= 11 is 9.57. The van der Waals surface area contributed by atoms with Crippen molar-refractivity contribution in [2.24, 2.45) is 0 Å². The summed E-state index contributed by atoms with van der Waals surface area (Å²) in [6.07, 6.45) is 0. The van der Waals surface area contributed by atoms with Crippen molar-refractivity contribution in [3.8, 4) is 0 Å². The van der Waals surface area contributed by atoms with E-state index in [0.717, 1.165) is 22.6 Å². The van der Waals surface area contributed by atoms with Gasteiger partial charge in [-0.3, -0.25) is 0 Å². The van der Waals surface area contributed by atoms with Gasteiger partial charge < -0.3 is 10.2 Å². The minimum absolute atomic E-state index is 0.780. The van der Waals surface area contributed by atoms with Crippen LogP contribution in [0, 0.1) is 0 Å². The average molecular weight is 354 g/mol. The molecule has 0 bridgehead atoms. The summed E-state index contributed by atoms with van der Waals surface area (Å²) in [6, 6.07) is 14.4. The van der Waals surface area contributed by atoms with E-state index in [4.69, 9.17) is 11.6 Å². The molecular weight excluding hydrogens is 336 g/mol. The van der Waals surface area contributed by atoms with E-state index in [-0.39, 0.29) is 0 Å². The SMILES string of the molecule is CNCc1cc(Br)ccc1N(C)Cc1cccc(Cl)c1. The summed E-state index contributed by atoms with van der Waals surface area (Å²) in [4.78, 5) is 2.24. The lowest BCUT2D eigenvalue weighted by Crippen LogP contribution is -2.19. The average Bonchev–Trinajstić information content (AvgIpc) is 2.39. The van der Waals surface area contributed by atoms with Crippen LogP contribution in [0.4, 0.5) is 5.69 Å². The molecule has 4 heteroatoms. The number of nitrogens with zero attached hydrogens (tertiary/aromatic N) is 1. The Kier molecular flexibility index (Phi) is 5.46. The number of hydrogen-bond acceptors (Lipinski definition) is 2. The first-order valence-electron chi connectivity index (χ1n) is 6.49. The van der Waals surface area contributed by atoms with Crippen LogP contribution in [0.25, 0.3) is 0 Å². The third-order valence-corrected chi connectivity index (χ3v) is 3.86. The van der Waals surface area contributed by atoms with Crippen LogP contribution in [0.1, 0.15) is 11.1 Å². The van der Waals surface area contributed by atoms with Gasteiger partial charge in [0.25, 0.3) is 0 Å². The quantitative estimate of drug-likeness (QED) is 0.854. The van der Waals surface area contributed by atoms with Crippen molar-refractivity contribution in [3.05, 3.63) is 63.1 Å². The fraction of sp³-hybridized carbons (Fsp3) is 0.250. The van der Waals surface area contributed by atoms with Gasteiger partial charge in [-0.15, -0.1) is 0 Å². The van der Waals surface area contributed by atoms with Crippen LogP contribution in [0.2, 0.25) is 5.02 Å². The molecule has 2 rings (SSSR count). The second kappa shape index (κ2) is 7.11. The number of halogens is 2. The summed E-state index contributed by atoms with van der Waals surface area (Å²) in [5, 5.41) is 3.99. The highest BCUT2D eigenvalue weighted by Crippen LogP contribution is 2.25. The van der Waals surface area contributed by atoms with E-state index in [1.165, 1.54) is 16.8 Å². The molecule has 0 atom stereocenters. The van der Waals surface area contributed by atoms with Gasteiger partial charge in [-0.05, 0) is 48.5 Å². The third-order valence-electron chi connectivity index (χ3n) is 3.13. The Balaban J connectivity index is 2.22. The molecule has 2 aromatic rings. The molecule has 106 valence electrons. The van der Waals surface area contributed by atoms with E-state index in [1.54, 1.807) is 0 Å². The lowest BCUT2D eigenvalue weighted by atomic mass is 10.1. The molecule has 0 radical (unpaired) electrons. The van der Waals surface area contributed by atoms with Crippen LogP contribution in [-0.4, -0.2) is 14.1 Å². The predicted molar refractivity (Wildman–Crippen MR) is 90.5 cm³/mol. The minimum atomic E-state index is 0.780. The van der Waals surface area contributed by atoms with Gasteiger partial charge in [0.05, 0.1) is 0 Å². The van der Waals surface area contributed by atoms with Crippen LogP contribution in [0.15, 0.2) is 46.9 Å². The lowest BCUT2D eigenvalue weighted by Gasteiger charge is -2.23. The maximum Gasteiger partial charge on any atom is 0.0426 e. The lowest BCUT2D eigenvalue weighted by molar-refractivity contribution is 0.805. The first-order chi connectivity index (χ1) is 9.60. The van der Waals surface area contributed by atoms with E-state index < -0.39 is 0 Å². The molecule has 0 saturated carbocycles. The maximum absolute atomic E-state index is 6.04. The van der Waals surface area contributed by atoms with Gasteiger partial charge in [-0.1, -0.05) is 39.7 Å². The second-order valence-corrected chi connectivity index (χ2v) is 6.14. The molecule has 0 fully saturated rings. The summed E-state index contributed by atoms with van der Waals surface area (Å²) in [7, 11) is 4.06. The number of benzene rings is 2. The molecule has 2 nitrogen and oxygen atoms in total. The Morgan fingerprint density at radius 1 is 1.20 bits per heavy atom. The van der Waals surface area contributed by atoms with Crippen LogP contribution in [0.5, 0.6) is 0 Å². The fourth-order valence-electron chi connectivity index (χ4n) is 2.25. The summed E-state index contributed by atoms with van der Waals surface area (Å²) in [5.74, 6) is 0. The van der Waals surface area contributed by atoms with Crippen molar-refractivity contribution in [3.63, 3.8) is 0 Å². The van der Waals surface area contributed by atoms with E-state index in [2.05, 4.69) is 57.5 Å². The molecule has 0 amide bonds. The zero-order valence-electron chi connectivity index (χ0n) is 11.7. The molecule has 0 aliphatic heterocycles. The van der Waals surface area contributed by atoms with E-state index in [0.29, 0.717) is 0 Å². The number of rotatable bonds is 5. The van der Waals surface area contributed by atoms with Crippen molar-refractivity contribution in [1.82, 2.24) is 5.32 Å². The zero-order valence-corrected chi connectivity index (χ0v) is 14.0. The molecule has 0 spiro atoms. The van der Waals surface area contributed by atoms with Crippen LogP contribution >= 0.6 is 27.5 Å². The molecule has 0 saturated heterocycles. The van der Waals surface area contributed by atoms with E-state index in [9.17, 15) is 0 Å². The highest BCUT2D eigenvalue weighted by atomic mass is 79.9. The molecule has 0 unspecified atom stereocenters. The Morgan fingerprint density at radius 2 is 2.00 bits per heavy atom. The normalized spacial score (nSPS) is 10.6. The van der Waals surface area contributed by atoms with Crippen LogP contribution in [-0.2, 0) is 13.1 Å². The van der Waals surface area contributed by atoms with E-state index >= 15 is 0 Å². The second-order valence-electron chi connectivity index (χ2n) is 4.79. The Bertz CT molecular complexity index is 586. The molecular formula is C16H18BrClN2. The molecule has 1 N–H and O–H groups in total. The van der Waals surface area contributed by atoms with E-state index in [1.807, 2.05) is 25.2 Å². The van der Waals surface area contributed by atoms with Gasteiger partial charge in [-0.25, -0.2) is 0 Å². The molecule has 0 aromatic heterocycles. The van der Waals surface area contributed by atoms with Gasteiger partial charge >= 0.3 is 0 Å². The molecule has 0 heterocycles. The highest BCUT2D eigenvalue weighted by molar-refractivity contribution is 9.10. The predicted octanol–water partition coefficient (Wildman–Crippen LogP) is 4.46. The highest BCUT2D eigenvalue weighted by Gasteiger charge is 2.08. The number of nitrogens with one attached hydrogen (secondary N) is 1. The number of anilines is 1. The zero-order chi connectivity index (χ0) is 14.5. The molecule has 0 aliphatic rings. The van der Waals surface area contributed by atoms with Gasteiger partial charge in [0.15, 0.2) is 0 Å². The largest absolute Gasteiger partial charge is 0.370 e. The van der Waals surface area contributed by atoms with Gasteiger partial charge in [-0.2, -0.15) is 0 Å². The Morgan fingerprint density at radius 3 is 2.70 bits per heavy atom. The number of hydrogen-bond donors (Lipinski definition) is 1. The summed E-state index contributed by atoms with van der Waals surface area (Å²) in [6.45, 7) is 1.67.